The van der Waals surface area contributed by atoms with Gasteiger partial charge in [-0.25, -0.2) is 13.6 Å². The summed E-state index contributed by atoms with van der Waals surface area (Å²) in [4.78, 5) is 27.3. The van der Waals surface area contributed by atoms with Crippen molar-refractivity contribution in [3.8, 4) is 11.3 Å². The highest BCUT2D eigenvalue weighted by atomic mass is 35.5. The predicted octanol–water partition coefficient (Wildman–Crippen LogP) is 10.5. The second-order valence-corrected chi connectivity index (χ2v) is 15.4. The molecule has 3 heterocycles. The summed E-state index contributed by atoms with van der Waals surface area (Å²) in [5.74, 6) is -0.431. The number of unbranched alkanes of at least 4 members (excludes halogenated alkanes) is 1. The molecule has 1 atom stereocenters. The molecule has 0 fully saturated rings. The van der Waals surface area contributed by atoms with Crippen molar-refractivity contribution in [2.75, 3.05) is 0 Å². The van der Waals surface area contributed by atoms with Gasteiger partial charge in [0.1, 0.15) is 27.2 Å². The summed E-state index contributed by atoms with van der Waals surface area (Å²) < 4.78 is 30.1. The van der Waals surface area contributed by atoms with Crippen LogP contribution >= 0.6 is 11.6 Å². The van der Waals surface area contributed by atoms with Crippen molar-refractivity contribution in [2.45, 2.75) is 114 Å². The molecule has 0 saturated heterocycles. The molecule has 0 bridgehead atoms. The summed E-state index contributed by atoms with van der Waals surface area (Å²) in [5.41, 5.74) is 9.21. The van der Waals surface area contributed by atoms with Crippen LogP contribution in [0.5, 0.6) is 0 Å². The van der Waals surface area contributed by atoms with E-state index < -0.39 is 16.6 Å². The largest absolute Gasteiger partial charge is 0.451 e. The Morgan fingerprint density at radius 2 is 1.60 bits per heavy atom. The molecule has 250 valence electrons. The Labute approximate surface area is 276 Å². The van der Waals surface area contributed by atoms with Crippen molar-refractivity contribution >= 4 is 44.4 Å². The van der Waals surface area contributed by atoms with Crippen LogP contribution in [-0.2, 0) is 21.0 Å². The Balaban J connectivity index is 0.000000432. The van der Waals surface area contributed by atoms with Crippen LogP contribution in [0, 0.1) is 17.2 Å². The van der Waals surface area contributed by atoms with Crippen LogP contribution in [0.1, 0.15) is 125 Å². The third-order valence-corrected chi connectivity index (χ3v) is 8.47. The molecule has 1 aromatic carbocycles. The molecule has 6 nitrogen and oxygen atoms in total. The van der Waals surface area contributed by atoms with Crippen molar-refractivity contribution in [1.29, 1.82) is 0 Å². The highest BCUT2D eigenvalue weighted by Gasteiger charge is 2.30. The minimum absolute atomic E-state index is 0.0676. The van der Waals surface area contributed by atoms with Gasteiger partial charge < -0.3 is 10.2 Å². The second kappa shape index (κ2) is 17.2. The smallest absolute Gasteiger partial charge is 0.253 e. The maximum atomic E-state index is 13.9. The fraction of sp³-hybridized carbons (Fsp3) is 0.528. The van der Waals surface area contributed by atoms with E-state index in [1.807, 2.05) is 19.9 Å². The van der Waals surface area contributed by atoms with Gasteiger partial charge in [-0.1, -0.05) is 113 Å². The van der Waals surface area contributed by atoms with E-state index in [1.54, 1.807) is 19.1 Å². The fourth-order valence-electron chi connectivity index (χ4n) is 3.97. The summed E-state index contributed by atoms with van der Waals surface area (Å²) in [6.07, 6.45) is 5.29. The van der Waals surface area contributed by atoms with Crippen LogP contribution in [0.2, 0.25) is 5.02 Å². The lowest BCUT2D eigenvalue weighted by Crippen LogP contribution is -2.28. The number of nitrogens with two attached hydrogens (primary N) is 1. The molecule has 2 N–H and O–H groups in total. The molecule has 4 rings (SSSR count). The zero-order valence-corrected chi connectivity index (χ0v) is 30.7. The monoisotopic (exact) mass is 662 g/mol. The van der Waals surface area contributed by atoms with E-state index in [0.717, 1.165) is 5.56 Å². The van der Waals surface area contributed by atoms with Gasteiger partial charge in [0.25, 0.3) is 5.12 Å². The number of hydrogen-bond donors (Lipinski definition) is 1. The molecular weight excluding hydrogens is 611 g/mol. The molecule has 1 unspecified atom stereocenters. The number of rotatable bonds is 5. The number of ketones is 1. The van der Waals surface area contributed by atoms with Gasteiger partial charge in [-0.2, -0.15) is 0 Å². The highest BCUT2D eigenvalue weighted by Crippen LogP contribution is 2.35. The Morgan fingerprint density at radius 3 is 1.96 bits per heavy atom. The van der Waals surface area contributed by atoms with Crippen LogP contribution in [0.3, 0.4) is 0 Å². The Kier molecular flexibility index (Phi) is 15.3. The Hall–Kier alpha value is -2.84. The molecule has 0 amide bonds. The molecule has 2 aromatic heterocycles. The summed E-state index contributed by atoms with van der Waals surface area (Å²) in [5, 5.41) is -0.0310. The lowest BCUT2D eigenvalue weighted by Gasteiger charge is -2.20. The summed E-state index contributed by atoms with van der Waals surface area (Å²) in [6, 6.07) is 8.16. The Morgan fingerprint density at radius 1 is 1.02 bits per heavy atom. The molecule has 0 saturated carbocycles. The number of pyridine rings is 1. The van der Waals surface area contributed by atoms with E-state index in [0.29, 0.717) is 39.1 Å². The van der Waals surface area contributed by atoms with Gasteiger partial charge in [0, 0.05) is 28.7 Å². The van der Waals surface area contributed by atoms with Crippen LogP contribution in [0.4, 0.5) is 4.39 Å². The lowest BCUT2D eigenvalue weighted by molar-refractivity contribution is -0.108. The molecule has 0 spiro atoms. The molecule has 1 aliphatic rings. The highest BCUT2D eigenvalue weighted by molar-refractivity contribution is 8.06. The number of nitrogens with zero attached hydrogens (tertiary/aromatic N) is 1. The van der Waals surface area contributed by atoms with Crippen molar-refractivity contribution < 1.29 is 22.6 Å². The number of carbonyl (C=O) groups excluding carboxylic acids is 2. The summed E-state index contributed by atoms with van der Waals surface area (Å²) in [7, 11) is -1.49. The number of Topliss-reactive ketones (excluding diaryl/α,β-unsaturated/α-hetero) is 1. The van der Waals surface area contributed by atoms with E-state index in [-0.39, 0.29) is 32.3 Å². The lowest BCUT2D eigenvalue weighted by atomic mass is 9.86. The van der Waals surface area contributed by atoms with Gasteiger partial charge >= 0.3 is 0 Å². The molecular formula is C36H52ClFN2O4S. The molecule has 0 radical (unpaired) electrons. The standard InChI is InChI=1S/C21H21ClFNO2.C7H16.C4H5NO2S.C4H10/c1-11(2)19(25)18-10-17-20(26-18)13(21(3,4)5)9-16(24-17)12-6-7-14(22)15(23)8-12;1-5-6-7(2,3)4;1-2-3(5)8(7)4(2)6;1-3-4-2/h6-11H,1-5H3;5-6H2,1-4H3;5H2,1H3;3-4H2,1-2H3. The quantitative estimate of drug-likeness (QED) is 0.273. The summed E-state index contributed by atoms with van der Waals surface area (Å²) >= 11 is 5.79. The van der Waals surface area contributed by atoms with E-state index in [4.69, 9.17) is 21.8 Å². The predicted molar refractivity (Wildman–Crippen MR) is 187 cm³/mol. The van der Waals surface area contributed by atoms with Crippen LogP contribution in [0.15, 0.2) is 45.4 Å². The maximum absolute atomic E-state index is 13.9. The van der Waals surface area contributed by atoms with Gasteiger partial charge in [0.2, 0.25) is 5.78 Å². The van der Waals surface area contributed by atoms with Gasteiger partial charge in [-0.3, -0.25) is 9.59 Å². The van der Waals surface area contributed by atoms with Crippen molar-refractivity contribution in [3.63, 3.8) is 0 Å². The fourth-order valence-corrected chi connectivity index (χ4v) is 4.89. The molecule has 1 aliphatic heterocycles. The second-order valence-electron chi connectivity index (χ2n) is 13.6. The first-order valence-electron chi connectivity index (χ1n) is 15.6. The topological polar surface area (TPSA) is 103 Å². The van der Waals surface area contributed by atoms with Crippen LogP contribution in [0.25, 0.3) is 22.4 Å². The third-order valence-electron chi connectivity index (χ3n) is 6.81. The van der Waals surface area contributed by atoms with Gasteiger partial charge in [0.05, 0.1) is 10.7 Å². The van der Waals surface area contributed by atoms with E-state index in [1.165, 1.54) is 37.8 Å². The average Bonchev–Trinajstić information content (AvgIpc) is 3.40. The first-order chi connectivity index (χ1) is 20.7. The number of hydrogen-bond acceptors (Lipinski definition) is 6. The van der Waals surface area contributed by atoms with Gasteiger partial charge in [-0.15, -0.1) is 0 Å². The van der Waals surface area contributed by atoms with Crippen molar-refractivity contribution in [2.24, 2.45) is 17.1 Å². The third kappa shape index (κ3) is 11.8. The van der Waals surface area contributed by atoms with Crippen molar-refractivity contribution in [1.82, 2.24) is 4.98 Å². The molecule has 0 aliphatic carbocycles. The van der Waals surface area contributed by atoms with Crippen molar-refractivity contribution in [3.05, 3.63) is 63.1 Å². The molecule has 45 heavy (non-hydrogen) atoms. The number of fused-ring (bicyclic) bond motifs is 1. The Bertz CT molecular complexity index is 1500. The average molecular weight is 663 g/mol. The number of halogens is 2. The zero-order valence-electron chi connectivity index (χ0n) is 29.1. The normalized spacial score (nSPS) is 14.6. The number of benzene rings is 1. The number of furan rings is 1. The molecule has 9 heteroatoms. The number of carbonyl (C=O) groups is 2. The van der Waals surface area contributed by atoms with Gasteiger partial charge in [0.15, 0.2) is 11.3 Å². The minimum atomic E-state index is -1.49. The number of aromatic nitrogens is 1. The first kappa shape index (κ1) is 40.2. The van der Waals surface area contributed by atoms with Crippen LogP contribution in [-0.4, -0.2) is 20.1 Å². The minimum Gasteiger partial charge on any atom is -0.451 e. The molecule has 3 aromatic rings. The SMILES string of the molecule is CC(C)C(=O)c1cc2nc(-c3ccc(Cl)c(F)c3)cc(C(C)(C)C)c2o1.CC1=C(N)S(=O)C1=O.CCCC.CCCC(C)(C)C. The van der Waals surface area contributed by atoms with Crippen LogP contribution < -0.4 is 5.73 Å². The first-order valence-corrected chi connectivity index (χ1v) is 17.1. The maximum Gasteiger partial charge on any atom is 0.253 e. The summed E-state index contributed by atoms with van der Waals surface area (Å²) in [6.45, 7) is 24.8. The van der Waals surface area contributed by atoms with E-state index >= 15 is 0 Å². The zero-order chi connectivity index (χ0) is 34.9. The van der Waals surface area contributed by atoms with Gasteiger partial charge in [-0.05, 0) is 42.4 Å². The van der Waals surface area contributed by atoms with E-state index in [9.17, 15) is 18.2 Å². The van der Waals surface area contributed by atoms with E-state index in [2.05, 4.69) is 67.3 Å².